The molecule has 0 aliphatic carbocycles. The molecule has 0 spiro atoms. The van der Waals surface area contributed by atoms with Gasteiger partial charge in [-0.25, -0.2) is 22.9 Å². The minimum atomic E-state index is -1.03. The van der Waals surface area contributed by atoms with Crippen molar-refractivity contribution >= 4 is 22.8 Å². The average molecular weight is 451 g/mol. The van der Waals surface area contributed by atoms with Crippen molar-refractivity contribution in [2.75, 3.05) is 11.9 Å². The molecule has 1 atom stereocenters. The van der Waals surface area contributed by atoms with E-state index in [4.69, 9.17) is 4.42 Å². The van der Waals surface area contributed by atoms with Crippen molar-refractivity contribution in [3.8, 4) is 11.1 Å². The SMILES string of the molecule is Cc1cc(-c2ccc3oc([C@@H]4CCCN4C(=O)Nc4ccc(F)c(F)c4)nc3c2)ccc1F. The maximum absolute atomic E-state index is 13.6. The van der Waals surface area contributed by atoms with Gasteiger partial charge in [-0.3, -0.25) is 0 Å². The third kappa shape index (κ3) is 4.04. The minimum Gasteiger partial charge on any atom is -0.438 e. The summed E-state index contributed by atoms with van der Waals surface area (Å²) in [6.45, 7) is 2.20. The number of hydrogen-bond acceptors (Lipinski definition) is 3. The molecule has 1 aromatic heterocycles. The zero-order valence-electron chi connectivity index (χ0n) is 17.7. The van der Waals surface area contributed by atoms with Gasteiger partial charge in [0.15, 0.2) is 17.2 Å². The maximum Gasteiger partial charge on any atom is 0.322 e. The number of aryl methyl sites for hydroxylation is 1. The first-order chi connectivity index (χ1) is 15.9. The minimum absolute atomic E-state index is 0.168. The van der Waals surface area contributed by atoms with Crippen molar-refractivity contribution < 1.29 is 22.4 Å². The Bertz CT molecular complexity index is 1370. The molecular formula is C25H20F3N3O2. The maximum atomic E-state index is 13.6. The van der Waals surface area contributed by atoms with E-state index in [-0.39, 0.29) is 17.5 Å². The molecule has 3 aromatic carbocycles. The quantitative estimate of drug-likeness (QED) is 0.382. The Morgan fingerprint density at radius 3 is 2.55 bits per heavy atom. The van der Waals surface area contributed by atoms with Crippen LogP contribution in [0.1, 0.15) is 30.3 Å². The van der Waals surface area contributed by atoms with E-state index < -0.39 is 17.7 Å². The third-order valence-corrected chi connectivity index (χ3v) is 5.86. The van der Waals surface area contributed by atoms with Gasteiger partial charge in [0.1, 0.15) is 17.4 Å². The van der Waals surface area contributed by atoms with Crippen molar-refractivity contribution in [2.24, 2.45) is 0 Å². The molecule has 33 heavy (non-hydrogen) atoms. The molecule has 1 saturated heterocycles. The van der Waals surface area contributed by atoms with E-state index in [9.17, 15) is 18.0 Å². The highest BCUT2D eigenvalue weighted by molar-refractivity contribution is 5.90. The fourth-order valence-corrected chi connectivity index (χ4v) is 4.13. The first-order valence-corrected chi connectivity index (χ1v) is 10.6. The van der Waals surface area contributed by atoms with Gasteiger partial charge in [-0.1, -0.05) is 12.1 Å². The molecular weight excluding hydrogens is 431 g/mol. The number of carbonyl (C=O) groups excluding carboxylic acids is 1. The van der Waals surface area contributed by atoms with Gasteiger partial charge in [0.05, 0.1) is 0 Å². The van der Waals surface area contributed by atoms with Crippen LogP contribution in [0.15, 0.2) is 59.0 Å². The Labute approximate surface area is 187 Å². The summed E-state index contributed by atoms with van der Waals surface area (Å²) in [5.74, 6) is -1.85. The van der Waals surface area contributed by atoms with E-state index in [0.717, 1.165) is 29.7 Å². The summed E-state index contributed by atoms with van der Waals surface area (Å²) < 4.78 is 46.2. The van der Waals surface area contributed by atoms with Crippen molar-refractivity contribution in [3.05, 3.63) is 83.5 Å². The predicted octanol–water partition coefficient (Wildman–Crippen LogP) is 6.59. The molecule has 1 fully saturated rings. The summed E-state index contributed by atoms with van der Waals surface area (Å²) in [6.07, 6.45) is 1.43. The number of amides is 2. The van der Waals surface area contributed by atoms with E-state index in [1.165, 1.54) is 12.1 Å². The van der Waals surface area contributed by atoms with Crippen LogP contribution in [0.2, 0.25) is 0 Å². The third-order valence-electron chi connectivity index (χ3n) is 5.86. The van der Waals surface area contributed by atoms with Gasteiger partial charge in [0, 0.05) is 18.3 Å². The molecule has 0 radical (unpaired) electrons. The average Bonchev–Trinajstić information content (AvgIpc) is 3.44. The van der Waals surface area contributed by atoms with Crippen LogP contribution in [0.4, 0.5) is 23.7 Å². The topological polar surface area (TPSA) is 58.4 Å². The molecule has 8 heteroatoms. The standard InChI is InChI=1S/C25H20F3N3O2/c1-14-11-15(4-7-18(14)26)16-5-9-23-21(12-16)30-24(33-23)22-3-2-10-31(22)25(32)29-17-6-8-19(27)20(28)13-17/h4-9,11-13,22H,2-3,10H2,1H3,(H,29,32)/t22-/m0/s1. The van der Waals surface area contributed by atoms with E-state index in [1.807, 2.05) is 12.1 Å². The number of nitrogens with one attached hydrogen (secondary N) is 1. The summed E-state index contributed by atoms with van der Waals surface area (Å²) in [4.78, 5) is 19.0. The number of likely N-dealkylation sites (tertiary alicyclic amines) is 1. The van der Waals surface area contributed by atoms with Crippen molar-refractivity contribution in [2.45, 2.75) is 25.8 Å². The largest absolute Gasteiger partial charge is 0.438 e. The predicted molar refractivity (Wildman–Crippen MR) is 118 cm³/mol. The Kier molecular flexibility index (Phi) is 5.28. The first kappa shape index (κ1) is 21.1. The second-order valence-corrected chi connectivity index (χ2v) is 8.11. The molecule has 168 valence electrons. The number of urea groups is 1. The highest BCUT2D eigenvalue weighted by Crippen LogP contribution is 2.35. The lowest BCUT2D eigenvalue weighted by atomic mass is 10.0. The number of fused-ring (bicyclic) bond motifs is 1. The molecule has 4 aromatic rings. The normalized spacial score (nSPS) is 15.9. The monoisotopic (exact) mass is 451 g/mol. The van der Waals surface area contributed by atoms with Crippen molar-refractivity contribution in [1.29, 1.82) is 0 Å². The van der Waals surface area contributed by atoms with Crippen LogP contribution in [-0.4, -0.2) is 22.5 Å². The summed E-state index contributed by atoms with van der Waals surface area (Å²) in [6, 6.07) is 12.9. The second kappa shape index (κ2) is 8.27. The molecule has 2 amide bonds. The highest BCUT2D eigenvalue weighted by Gasteiger charge is 2.33. The van der Waals surface area contributed by atoms with Crippen LogP contribution in [-0.2, 0) is 0 Å². The van der Waals surface area contributed by atoms with Crippen LogP contribution in [0.3, 0.4) is 0 Å². The molecule has 0 unspecified atom stereocenters. The summed E-state index contributed by atoms with van der Waals surface area (Å²) in [5, 5.41) is 2.61. The van der Waals surface area contributed by atoms with Crippen LogP contribution in [0, 0.1) is 24.4 Å². The zero-order chi connectivity index (χ0) is 23.1. The lowest BCUT2D eigenvalue weighted by Gasteiger charge is -2.22. The lowest BCUT2D eigenvalue weighted by Crippen LogP contribution is -2.34. The molecule has 2 heterocycles. The number of anilines is 1. The van der Waals surface area contributed by atoms with Crippen molar-refractivity contribution in [1.82, 2.24) is 9.88 Å². The van der Waals surface area contributed by atoms with Gasteiger partial charge in [-0.05, 0) is 72.9 Å². The van der Waals surface area contributed by atoms with E-state index >= 15 is 0 Å². The van der Waals surface area contributed by atoms with Crippen LogP contribution in [0.5, 0.6) is 0 Å². The number of halogens is 3. The summed E-state index contributed by atoms with van der Waals surface area (Å²) in [7, 11) is 0. The Morgan fingerprint density at radius 1 is 1.00 bits per heavy atom. The van der Waals surface area contributed by atoms with E-state index in [2.05, 4.69) is 10.3 Å². The van der Waals surface area contributed by atoms with E-state index in [1.54, 1.807) is 30.0 Å². The van der Waals surface area contributed by atoms with Gasteiger partial charge in [-0.15, -0.1) is 0 Å². The molecule has 1 N–H and O–H groups in total. The first-order valence-electron chi connectivity index (χ1n) is 10.6. The highest BCUT2D eigenvalue weighted by atomic mass is 19.2. The second-order valence-electron chi connectivity index (χ2n) is 8.11. The van der Waals surface area contributed by atoms with Crippen molar-refractivity contribution in [3.63, 3.8) is 0 Å². The molecule has 5 rings (SSSR count). The molecule has 1 aliphatic rings. The van der Waals surface area contributed by atoms with Crippen LogP contribution in [0.25, 0.3) is 22.2 Å². The van der Waals surface area contributed by atoms with Gasteiger partial charge in [0.25, 0.3) is 0 Å². The number of nitrogens with zero attached hydrogens (tertiary/aromatic N) is 2. The number of oxazole rings is 1. The fraction of sp³-hybridized carbons (Fsp3) is 0.200. The number of benzene rings is 3. The smallest absolute Gasteiger partial charge is 0.322 e. The molecule has 5 nitrogen and oxygen atoms in total. The van der Waals surface area contributed by atoms with Gasteiger partial charge in [0.2, 0.25) is 5.89 Å². The fourth-order valence-electron chi connectivity index (χ4n) is 4.13. The van der Waals surface area contributed by atoms with Gasteiger partial charge < -0.3 is 14.6 Å². The number of rotatable bonds is 3. The molecule has 0 bridgehead atoms. The van der Waals surface area contributed by atoms with Gasteiger partial charge in [-0.2, -0.15) is 0 Å². The molecule has 1 aliphatic heterocycles. The summed E-state index contributed by atoms with van der Waals surface area (Å²) >= 11 is 0. The van der Waals surface area contributed by atoms with Crippen LogP contribution < -0.4 is 5.32 Å². The summed E-state index contributed by atoms with van der Waals surface area (Å²) in [5.41, 5.74) is 3.69. The zero-order valence-corrected chi connectivity index (χ0v) is 17.7. The Morgan fingerprint density at radius 2 is 1.76 bits per heavy atom. The van der Waals surface area contributed by atoms with E-state index in [0.29, 0.717) is 35.5 Å². The number of aromatic nitrogens is 1. The number of hydrogen-bond donors (Lipinski definition) is 1. The lowest BCUT2D eigenvalue weighted by molar-refractivity contribution is 0.199. The molecule has 0 saturated carbocycles. The van der Waals surface area contributed by atoms with Gasteiger partial charge >= 0.3 is 6.03 Å². The Hall–Kier alpha value is -3.81. The van der Waals surface area contributed by atoms with Crippen LogP contribution >= 0.6 is 0 Å². The number of carbonyl (C=O) groups is 1. The Balaban J connectivity index is 1.39.